The molecule has 240 valence electrons. The lowest BCUT2D eigenvalue weighted by molar-refractivity contribution is -0.109. The van der Waals surface area contributed by atoms with E-state index < -0.39 is 0 Å². The average Bonchev–Trinajstić information content (AvgIpc) is 3.77. The van der Waals surface area contributed by atoms with E-state index in [1.54, 1.807) is 12.6 Å². The zero-order valence-electron chi connectivity index (χ0n) is 28.7. The molecule has 0 aromatic heterocycles. The van der Waals surface area contributed by atoms with E-state index in [1.807, 2.05) is 13.8 Å². The number of aliphatic imine (C=N–C) groups is 1. The third-order valence-electron chi connectivity index (χ3n) is 12.2. The third-order valence-corrected chi connectivity index (χ3v) is 12.2. The predicted molar refractivity (Wildman–Crippen MR) is 182 cm³/mol. The van der Waals surface area contributed by atoms with Crippen LogP contribution >= 0.6 is 0 Å². The van der Waals surface area contributed by atoms with Crippen molar-refractivity contribution in [3.05, 3.63) is 23.8 Å². The SMILES string of the molecule is C1CCCC1.C=C1C=C2CCC3C(CCC4(C)C(C(C)=NCCC5CC(C)CN5)CCC34)C2(C)CC1.CC.CNC=O. The van der Waals surface area contributed by atoms with Crippen LogP contribution in [0.25, 0.3) is 0 Å². The Morgan fingerprint density at radius 2 is 1.71 bits per heavy atom. The summed E-state index contributed by atoms with van der Waals surface area (Å²) in [6.07, 6.45) is 24.2. The second-order valence-corrected chi connectivity index (χ2v) is 14.8. The number of hydrogen-bond donors (Lipinski definition) is 2. The van der Waals surface area contributed by atoms with Gasteiger partial charge in [0, 0.05) is 31.3 Å². The first-order chi connectivity index (χ1) is 20.2. The summed E-state index contributed by atoms with van der Waals surface area (Å²) in [5, 5.41) is 5.93. The molecule has 5 fully saturated rings. The summed E-state index contributed by atoms with van der Waals surface area (Å²) in [6.45, 7) is 20.5. The number of nitrogens with zero attached hydrogens (tertiary/aromatic N) is 1. The van der Waals surface area contributed by atoms with Crippen molar-refractivity contribution in [3.63, 3.8) is 0 Å². The smallest absolute Gasteiger partial charge is 0.206 e. The number of fused-ring (bicyclic) bond motifs is 5. The molecule has 0 radical (unpaired) electrons. The lowest BCUT2D eigenvalue weighted by Crippen LogP contribution is -2.50. The quantitative estimate of drug-likeness (QED) is 0.251. The molecular formula is C38H67N3O. The molecule has 8 atom stereocenters. The number of nitrogens with one attached hydrogen (secondary N) is 2. The van der Waals surface area contributed by atoms with Crippen LogP contribution in [0.4, 0.5) is 0 Å². The highest BCUT2D eigenvalue weighted by molar-refractivity contribution is 5.85. The number of amides is 1. The van der Waals surface area contributed by atoms with E-state index in [9.17, 15) is 0 Å². The Morgan fingerprint density at radius 1 is 1.05 bits per heavy atom. The summed E-state index contributed by atoms with van der Waals surface area (Å²) in [7, 11) is 1.56. The summed E-state index contributed by atoms with van der Waals surface area (Å²) < 4.78 is 0. The fourth-order valence-corrected chi connectivity index (χ4v) is 9.97. The Morgan fingerprint density at radius 3 is 2.31 bits per heavy atom. The highest BCUT2D eigenvalue weighted by atomic mass is 16.1. The minimum atomic E-state index is 0.456. The van der Waals surface area contributed by atoms with E-state index in [0.29, 0.717) is 23.3 Å². The van der Waals surface area contributed by atoms with Gasteiger partial charge in [-0.25, -0.2) is 0 Å². The summed E-state index contributed by atoms with van der Waals surface area (Å²) in [4.78, 5) is 14.2. The van der Waals surface area contributed by atoms with Crippen LogP contribution in [0.1, 0.15) is 138 Å². The van der Waals surface area contributed by atoms with Crippen LogP contribution in [-0.4, -0.2) is 38.3 Å². The second kappa shape index (κ2) is 16.6. The molecule has 0 aromatic rings. The lowest BCUT2D eigenvalue weighted by Gasteiger charge is -2.58. The van der Waals surface area contributed by atoms with Crippen molar-refractivity contribution in [2.24, 2.45) is 45.4 Å². The van der Waals surface area contributed by atoms with Crippen molar-refractivity contribution in [1.29, 1.82) is 0 Å². The highest BCUT2D eigenvalue weighted by Gasteiger charge is 2.59. The zero-order chi connectivity index (χ0) is 30.8. The van der Waals surface area contributed by atoms with Crippen molar-refractivity contribution in [2.45, 2.75) is 144 Å². The molecule has 0 spiro atoms. The first kappa shape index (κ1) is 35.1. The van der Waals surface area contributed by atoms with Crippen LogP contribution in [0.2, 0.25) is 0 Å². The van der Waals surface area contributed by atoms with Gasteiger partial charge in [-0.2, -0.15) is 0 Å². The first-order valence-electron chi connectivity index (χ1n) is 18.0. The Bertz CT molecular complexity index is 912. The molecule has 1 amide bonds. The summed E-state index contributed by atoms with van der Waals surface area (Å²) in [5.41, 5.74) is 5.55. The van der Waals surface area contributed by atoms with E-state index >= 15 is 0 Å². The molecule has 2 N–H and O–H groups in total. The lowest BCUT2D eigenvalue weighted by atomic mass is 9.46. The molecule has 0 bridgehead atoms. The molecule has 5 aliphatic carbocycles. The van der Waals surface area contributed by atoms with Crippen LogP contribution in [0.15, 0.2) is 28.8 Å². The molecule has 6 rings (SSSR count). The maximum atomic E-state index is 9.06. The Labute approximate surface area is 260 Å². The van der Waals surface area contributed by atoms with Crippen LogP contribution in [0, 0.1) is 40.4 Å². The minimum absolute atomic E-state index is 0.456. The molecule has 0 aromatic carbocycles. The third kappa shape index (κ3) is 8.19. The Balaban J connectivity index is 0.000000376. The summed E-state index contributed by atoms with van der Waals surface area (Å²) >= 11 is 0. The molecule has 6 aliphatic rings. The summed E-state index contributed by atoms with van der Waals surface area (Å²) in [6, 6.07) is 0.700. The van der Waals surface area contributed by atoms with Crippen LogP contribution < -0.4 is 10.6 Å². The monoisotopic (exact) mass is 582 g/mol. The Hall–Kier alpha value is -1.42. The van der Waals surface area contributed by atoms with Gasteiger partial charge in [-0.15, -0.1) is 0 Å². The average molecular weight is 582 g/mol. The van der Waals surface area contributed by atoms with Crippen molar-refractivity contribution in [1.82, 2.24) is 10.6 Å². The van der Waals surface area contributed by atoms with Gasteiger partial charge >= 0.3 is 0 Å². The van der Waals surface area contributed by atoms with E-state index in [-0.39, 0.29) is 0 Å². The van der Waals surface area contributed by atoms with E-state index in [2.05, 4.69) is 51.0 Å². The maximum Gasteiger partial charge on any atom is 0.206 e. The predicted octanol–water partition coefficient (Wildman–Crippen LogP) is 9.31. The van der Waals surface area contributed by atoms with Crippen LogP contribution in [0.3, 0.4) is 0 Å². The number of carbonyl (C=O) groups is 1. The number of hydrogen-bond acceptors (Lipinski definition) is 3. The molecule has 1 aliphatic heterocycles. The van der Waals surface area contributed by atoms with Gasteiger partial charge in [0.15, 0.2) is 0 Å². The van der Waals surface area contributed by atoms with Crippen molar-refractivity contribution >= 4 is 12.1 Å². The molecule has 4 nitrogen and oxygen atoms in total. The number of rotatable bonds is 5. The van der Waals surface area contributed by atoms with Gasteiger partial charge in [0.2, 0.25) is 6.41 Å². The van der Waals surface area contributed by atoms with Gasteiger partial charge in [-0.1, -0.05) is 90.5 Å². The topological polar surface area (TPSA) is 53.5 Å². The van der Waals surface area contributed by atoms with Crippen molar-refractivity contribution in [3.8, 4) is 0 Å². The first-order valence-corrected chi connectivity index (χ1v) is 18.0. The Kier molecular flexibility index (Phi) is 13.9. The van der Waals surface area contributed by atoms with Crippen molar-refractivity contribution in [2.75, 3.05) is 20.1 Å². The van der Waals surface area contributed by atoms with Gasteiger partial charge in [0.05, 0.1) is 0 Å². The molecule has 8 unspecified atom stereocenters. The van der Waals surface area contributed by atoms with E-state index in [0.717, 1.165) is 36.1 Å². The van der Waals surface area contributed by atoms with Gasteiger partial charge in [-0.05, 0) is 112 Å². The molecule has 4 heteroatoms. The number of allylic oxidation sites excluding steroid dienone is 3. The second-order valence-electron chi connectivity index (χ2n) is 14.8. The van der Waals surface area contributed by atoms with Crippen LogP contribution in [-0.2, 0) is 4.79 Å². The van der Waals surface area contributed by atoms with Gasteiger partial charge in [-0.3, -0.25) is 9.79 Å². The maximum absolute atomic E-state index is 9.06. The van der Waals surface area contributed by atoms with E-state index in [1.165, 1.54) is 114 Å². The molecule has 1 heterocycles. The van der Waals surface area contributed by atoms with Gasteiger partial charge in [0.25, 0.3) is 0 Å². The van der Waals surface area contributed by atoms with Crippen LogP contribution in [0.5, 0.6) is 0 Å². The fourth-order valence-electron chi connectivity index (χ4n) is 9.97. The largest absolute Gasteiger partial charge is 0.362 e. The molecule has 4 saturated carbocycles. The van der Waals surface area contributed by atoms with Gasteiger partial charge < -0.3 is 10.6 Å². The molecular weight excluding hydrogens is 514 g/mol. The van der Waals surface area contributed by atoms with E-state index in [4.69, 9.17) is 9.79 Å². The van der Waals surface area contributed by atoms with Crippen molar-refractivity contribution < 1.29 is 4.79 Å². The standard InChI is InChI=1S/C29H46N2.C5H10.C2H5NO.C2H6/c1-19-10-13-28(4)22(16-19)6-7-24-26-9-8-25(29(26,5)14-11-27(24)28)21(3)30-15-12-23-17-20(2)18-31-23;1-2-4-5-3-1;1-3-2-4;1-2/h16,20,23-27,31H,1,6-15,17-18H2,2-5H3;1-5H2;2H,1H3,(H,3,4);1-2H3. The fraction of sp³-hybridized carbons (Fsp3) is 0.842. The molecule has 1 saturated heterocycles. The van der Waals surface area contributed by atoms with Gasteiger partial charge in [0.1, 0.15) is 0 Å². The molecule has 42 heavy (non-hydrogen) atoms. The number of carbonyl (C=O) groups excluding carboxylic acids is 1. The normalized spacial score (nSPS) is 38.6. The highest BCUT2D eigenvalue weighted by Crippen LogP contribution is 2.67. The zero-order valence-corrected chi connectivity index (χ0v) is 28.7. The minimum Gasteiger partial charge on any atom is -0.362 e. The summed E-state index contributed by atoms with van der Waals surface area (Å²) in [5.74, 6) is 4.33.